The summed E-state index contributed by atoms with van der Waals surface area (Å²) in [5, 5.41) is 8.93. The maximum absolute atomic E-state index is 5.19. The van der Waals surface area contributed by atoms with Crippen LogP contribution in [0.15, 0.2) is 46.8 Å². The van der Waals surface area contributed by atoms with Crippen LogP contribution in [0.2, 0.25) is 0 Å². The second-order valence-electron chi connectivity index (χ2n) is 6.39. The standard InChI is InChI=1S/C19H27N3OS.HI/c1-19(2,17-9-6-10-24-17)14-22-18(20-3)21-12-15-7-5-8-16(11-15)13-23-4;/h5-11H,12-14H2,1-4H3,(H2,20,21,22);1H. The van der Waals surface area contributed by atoms with Crippen molar-refractivity contribution in [2.75, 3.05) is 20.7 Å². The predicted molar refractivity (Wildman–Crippen MR) is 118 cm³/mol. The number of hydrogen-bond acceptors (Lipinski definition) is 3. The smallest absolute Gasteiger partial charge is 0.191 e. The molecule has 0 bridgehead atoms. The Morgan fingerprint density at radius 3 is 2.56 bits per heavy atom. The molecule has 0 aliphatic carbocycles. The maximum atomic E-state index is 5.19. The van der Waals surface area contributed by atoms with E-state index in [9.17, 15) is 0 Å². The second-order valence-corrected chi connectivity index (χ2v) is 7.34. The van der Waals surface area contributed by atoms with Crippen molar-refractivity contribution in [2.24, 2.45) is 4.99 Å². The van der Waals surface area contributed by atoms with Crippen molar-refractivity contribution in [1.29, 1.82) is 0 Å². The van der Waals surface area contributed by atoms with Gasteiger partial charge in [0.25, 0.3) is 0 Å². The molecule has 1 aromatic heterocycles. The van der Waals surface area contributed by atoms with E-state index in [4.69, 9.17) is 4.74 Å². The van der Waals surface area contributed by atoms with Crippen molar-refractivity contribution >= 4 is 41.3 Å². The average molecular weight is 473 g/mol. The van der Waals surface area contributed by atoms with Crippen LogP contribution in [0.5, 0.6) is 0 Å². The molecule has 6 heteroatoms. The lowest BCUT2D eigenvalue weighted by atomic mass is 9.91. The van der Waals surface area contributed by atoms with Gasteiger partial charge in [-0.05, 0) is 22.6 Å². The molecule has 138 valence electrons. The van der Waals surface area contributed by atoms with E-state index in [1.54, 1.807) is 25.5 Å². The van der Waals surface area contributed by atoms with Gasteiger partial charge in [0, 0.05) is 37.5 Å². The molecule has 2 N–H and O–H groups in total. The highest BCUT2D eigenvalue weighted by atomic mass is 127. The molecule has 0 unspecified atom stereocenters. The number of thiophene rings is 1. The van der Waals surface area contributed by atoms with E-state index in [0.29, 0.717) is 6.61 Å². The average Bonchev–Trinajstić information content (AvgIpc) is 3.11. The zero-order valence-corrected chi connectivity index (χ0v) is 18.5. The molecule has 25 heavy (non-hydrogen) atoms. The first-order chi connectivity index (χ1) is 11.5. The molecule has 0 spiro atoms. The zero-order chi connectivity index (χ0) is 17.4. The molecule has 0 saturated carbocycles. The summed E-state index contributed by atoms with van der Waals surface area (Å²) in [6, 6.07) is 12.7. The number of guanidine groups is 1. The molecule has 0 radical (unpaired) electrons. The number of aliphatic imine (C=N–C) groups is 1. The van der Waals surface area contributed by atoms with Crippen LogP contribution in [-0.4, -0.2) is 26.7 Å². The Balaban J connectivity index is 0.00000312. The monoisotopic (exact) mass is 473 g/mol. The Hall–Kier alpha value is -1.12. The van der Waals surface area contributed by atoms with Gasteiger partial charge in [-0.2, -0.15) is 0 Å². The van der Waals surface area contributed by atoms with Crippen LogP contribution >= 0.6 is 35.3 Å². The van der Waals surface area contributed by atoms with Crippen molar-refractivity contribution in [2.45, 2.75) is 32.4 Å². The number of benzene rings is 1. The largest absolute Gasteiger partial charge is 0.380 e. The molecule has 0 atom stereocenters. The summed E-state index contributed by atoms with van der Waals surface area (Å²) < 4.78 is 5.19. The Morgan fingerprint density at radius 2 is 1.92 bits per heavy atom. The fourth-order valence-corrected chi connectivity index (χ4v) is 3.31. The highest BCUT2D eigenvalue weighted by Gasteiger charge is 2.21. The van der Waals surface area contributed by atoms with Crippen LogP contribution in [0.3, 0.4) is 0 Å². The molecule has 0 saturated heterocycles. The number of hydrogen-bond donors (Lipinski definition) is 2. The summed E-state index contributed by atoms with van der Waals surface area (Å²) in [4.78, 5) is 5.69. The van der Waals surface area contributed by atoms with Crippen molar-refractivity contribution in [1.82, 2.24) is 10.6 Å². The van der Waals surface area contributed by atoms with Crippen LogP contribution < -0.4 is 10.6 Å². The van der Waals surface area contributed by atoms with Gasteiger partial charge in [-0.3, -0.25) is 4.99 Å². The van der Waals surface area contributed by atoms with Gasteiger partial charge in [-0.1, -0.05) is 44.2 Å². The Labute approximate surface area is 172 Å². The summed E-state index contributed by atoms with van der Waals surface area (Å²) in [5.74, 6) is 0.816. The Bertz CT molecular complexity index is 656. The Morgan fingerprint density at radius 1 is 1.16 bits per heavy atom. The van der Waals surface area contributed by atoms with Gasteiger partial charge in [-0.25, -0.2) is 0 Å². The van der Waals surface area contributed by atoms with Crippen LogP contribution in [0, 0.1) is 0 Å². The predicted octanol–water partition coefficient (Wildman–Crippen LogP) is 4.16. The molecule has 2 aromatic rings. The van der Waals surface area contributed by atoms with E-state index in [1.165, 1.54) is 16.0 Å². The van der Waals surface area contributed by atoms with Crippen molar-refractivity contribution in [3.05, 3.63) is 57.8 Å². The minimum Gasteiger partial charge on any atom is -0.380 e. The molecule has 1 heterocycles. The fraction of sp³-hybridized carbons (Fsp3) is 0.421. The van der Waals surface area contributed by atoms with Crippen molar-refractivity contribution in [3.63, 3.8) is 0 Å². The highest BCUT2D eigenvalue weighted by Crippen LogP contribution is 2.26. The SMILES string of the molecule is CN=C(NCc1cccc(COC)c1)NCC(C)(C)c1cccs1.I. The minimum absolute atomic E-state index is 0. The third-order valence-electron chi connectivity index (χ3n) is 3.87. The molecule has 0 fully saturated rings. The van der Waals surface area contributed by atoms with Gasteiger partial charge in [0.2, 0.25) is 0 Å². The minimum atomic E-state index is 0. The van der Waals surface area contributed by atoms with E-state index >= 15 is 0 Å². The van der Waals surface area contributed by atoms with Crippen molar-refractivity contribution < 1.29 is 4.74 Å². The van der Waals surface area contributed by atoms with Crippen molar-refractivity contribution in [3.8, 4) is 0 Å². The summed E-state index contributed by atoms with van der Waals surface area (Å²) in [5.41, 5.74) is 2.47. The van der Waals surface area contributed by atoms with E-state index in [2.05, 4.69) is 71.3 Å². The van der Waals surface area contributed by atoms with E-state index in [-0.39, 0.29) is 29.4 Å². The maximum Gasteiger partial charge on any atom is 0.191 e. The zero-order valence-electron chi connectivity index (χ0n) is 15.3. The molecule has 0 amide bonds. The molecular formula is C19H28IN3OS. The van der Waals surface area contributed by atoms with E-state index in [1.807, 2.05) is 0 Å². The number of ether oxygens (including phenoxy) is 1. The van der Waals surface area contributed by atoms with Gasteiger partial charge >= 0.3 is 0 Å². The topological polar surface area (TPSA) is 45.7 Å². The van der Waals surface area contributed by atoms with Gasteiger partial charge in [0.15, 0.2) is 5.96 Å². The van der Waals surface area contributed by atoms with Gasteiger partial charge in [0.1, 0.15) is 0 Å². The lowest BCUT2D eigenvalue weighted by molar-refractivity contribution is 0.185. The summed E-state index contributed by atoms with van der Waals surface area (Å²) in [7, 11) is 3.51. The number of methoxy groups -OCH3 is 1. The van der Waals surface area contributed by atoms with Crippen LogP contribution in [0.4, 0.5) is 0 Å². The summed E-state index contributed by atoms with van der Waals surface area (Å²) >= 11 is 1.79. The molecular weight excluding hydrogens is 445 g/mol. The molecule has 2 rings (SSSR count). The quantitative estimate of drug-likeness (QED) is 0.361. The second kappa shape index (κ2) is 10.8. The van der Waals surface area contributed by atoms with Crippen LogP contribution in [0.1, 0.15) is 29.9 Å². The first kappa shape index (κ1) is 21.9. The third-order valence-corrected chi connectivity index (χ3v) is 5.11. The lowest BCUT2D eigenvalue weighted by Gasteiger charge is -2.25. The lowest BCUT2D eigenvalue weighted by Crippen LogP contribution is -2.42. The first-order valence-electron chi connectivity index (χ1n) is 8.10. The number of halogens is 1. The molecule has 0 aliphatic heterocycles. The normalized spacial score (nSPS) is 11.8. The summed E-state index contributed by atoms with van der Waals surface area (Å²) in [6.45, 7) is 6.68. The Kier molecular flexibility index (Phi) is 9.45. The van der Waals surface area contributed by atoms with Crippen LogP contribution in [0.25, 0.3) is 0 Å². The van der Waals surface area contributed by atoms with Gasteiger partial charge < -0.3 is 15.4 Å². The molecule has 0 aliphatic rings. The van der Waals surface area contributed by atoms with Gasteiger partial charge in [0.05, 0.1) is 6.61 Å². The highest BCUT2D eigenvalue weighted by molar-refractivity contribution is 14.0. The molecule has 4 nitrogen and oxygen atoms in total. The first-order valence-corrected chi connectivity index (χ1v) is 8.98. The number of rotatable bonds is 7. The molecule has 1 aromatic carbocycles. The number of nitrogens with one attached hydrogen (secondary N) is 2. The van der Waals surface area contributed by atoms with E-state index < -0.39 is 0 Å². The number of nitrogens with zero attached hydrogens (tertiary/aromatic N) is 1. The van der Waals surface area contributed by atoms with Crippen LogP contribution in [-0.2, 0) is 23.3 Å². The van der Waals surface area contributed by atoms with E-state index in [0.717, 1.165) is 19.0 Å². The van der Waals surface area contributed by atoms with Gasteiger partial charge in [-0.15, -0.1) is 35.3 Å². The third kappa shape index (κ3) is 6.95. The summed E-state index contributed by atoms with van der Waals surface area (Å²) in [6.07, 6.45) is 0. The fourth-order valence-electron chi connectivity index (χ4n) is 2.46.